The molecule has 20 heavy (non-hydrogen) atoms. The summed E-state index contributed by atoms with van der Waals surface area (Å²) < 4.78 is 22.6. The second kappa shape index (κ2) is 7.40. The fraction of sp³-hybridized carbons (Fsp3) is 0.500. The maximum absolute atomic E-state index is 11.8. The molecule has 0 saturated carbocycles. The molecule has 0 fully saturated rings. The van der Waals surface area contributed by atoms with Crippen molar-refractivity contribution in [2.75, 3.05) is 25.9 Å². The Morgan fingerprint density at radius 3 is 2.15 bits per heavy atom. The van der Waals surface area contributed by atoms with E-state index in [0.717, 1.165) is 5.56 Å². The minimum Gasteiger partial charge on any atom is -0.342 e. The molecule has 0 bridgehead atoms. The summed E-state index contributed by atoms with van der Waals surface area (Å²) in [6.07, 6.45) is 1.18. The van der Waals surface area contributed by atoms with Crippen LogP contribution in [0.4, 0.5) is 0 Å². The summed E-state index contributed by atoms with van der Waals surface area (Å²) in [5, 5.41) is 3.07. The van der Waals surface area contributed by atoms with E-state index in [4.69, 9.17) is 0 Å². The van der Waals surface area contributed by atoms with Crippen molar-refractivity contribution in [2.45, 2.75) is 25.3 Å². The van der Waals surface area contributed by atoms with E-state index in [1.54, 1.807) is 29.2 Å². The van der Waals surface area contributed by atoms with Crippen LogP contribution in [0.5, 0.6) is 0 Å². The van der Waals surface area contributed by atoms with Crippen molar-refractivity contribution in [3.8, 4) is 0 Å². The van der Waals surface area contributed by atoms with Crippen molar-refractivity contribution in [1.82, 2.24) is 10.2 Å². The SMILES string of the molecule is CCN(CC)C(=O)CNCc1ccc(S(C)(=O)=O)cc1. The van der Waals surface area contributed by atoms with Crippen molar-refractivity contribution in [3.63, 3.8) is 0 Å². The molecule has 0 heterocycles. The minimum absolute atomic E-state index is 0.0720. The predicted octanol–water partition coefficient (Wildman–Crippen LogP) is 1.05. The molecular formula is C14H22N2O3S. The number of amides is 1. The van der Waals surface area contributed by atoms with Crippen LogP contribution in [0.2, 0.25) is 0 Å². The number of hydrogen-bond donors (Lipinski definition) is 1. The number of sulfone groups is 1. The lowest BCUT2D eigenvalue weighted by molar-refractivity contribution is -0.129. The summed E-state index contributed by atoms with van der Waals surface area (Å²) in [7, 11) is -3.15. The van der Waals surface area contributed by atoms with E-state index in [0.29, 0.717) is 24.5 Å². The van der Waals surface area contributed by atoms with Crippen LogP contribution in [0.15, 0.2) is 29.2 Å². The van der Waals surface area contributed by atoms with Gasteiger partial charge in [0.2, 0.25) is 5.91 Å². The molecule has 0 radical (unpaired) electrons. The van der Waals surface area contributed by atoms with Crippen molar-refractivity contribution in [2.24, 2.45) is 0 Å². The third-order valence-corrected chi connectivity index (χ3v) is 4.20. The minimum atomic E-state index is -3.15. The molecule has 0 spiro atoms. The molecule has 0 saturated heterocycles. The quantitative estimate of drug-likeness (QED) is 0.817. The number of carbonyl (C=O) groups is 1. The highest BCUT2D eigenvalue weighted by Crippen LogP contribution is 2.10. The van der Waals surface area contributed by atoms with Gasteiger partial charge < -0.3 is 10.2 Å². The number of nitrogens with one attached hydrogen (secondary N) is 1. The molecule has 1 aromatic rings. The summed E-state index contributed by atoms with van der Waals surface area (Å²) in [6, 6.07) is 6.67. The first kappa shape index (κ1) is 16.7. The maximum Gasteiger partial charge on any atom is 0.236 e. The Bertz CT molecular complexity index is 534. The first-order chi connectivity index (χ1) is 9.38. The summed E-state index contributed by atoms with van der Waals surface area (Å²) >= 11 is 0. The van der Waals surface area contributed by atoms with Gasteiger partial charge in [0.05, 0.1) is 11.4 Å². The van der Waals surface area contributed by atoms with Gasteiger partial charge in [0, 0.05) is 25.9 Å². The van der Waals surface area contributed by atoms with Gasteiger partial charge >= 0.3 is 0 Å². The number of likely N-dealkylation sites (N-methyl/N-ethyl adjacent to an activating group) is 1. The Balaban J connectivity index is 2.49. The van der Waals surface area contributed by atoms with E-state index in [2.05, 4.69) is 5.32 Å². The lowest BCUT2D eigenvalue weighted by Crippen LogP contribution is -2.37. The Labute approximate surface area is 120 Å². The fourth-order valence-electron chi connectivity index (χ4n) is 1.86. The molecule has 0 aliphatic heterocycles. The molecule has 5 nitrogen and oxygen atoms in total. The average Bonchev–Trinajstić information content (AvgIpc) is 2.39. The highest BCUT2D eigenvalue weighted by molar-refractivity contribution is 7.90. The van der Waals surface area contributed by atoms with Gasteiger partial charge in [-0.25, -0.2) is 8.42 Å². The number of hydrogen-bond acceptors (Lipinski definition) is 4. The molecule has 0 unspecified atom stereocenters. The van der Waals surface area contributed by atoms with Gasteiger partial charge in [0.25, 0.3) is 0 Å². The zero-order valence-corrected chi connectivity index (χ0v) is 13.0. The van der Waals surface area contributed by atoms with Crippen LogP contribution in [0.3, 0.4) is 0 Å². The van der Waals surface area contributed by atoms with E-state index < -0.39 is 9.84 Å². The second-order valence-corrected chi connectivity index (χ2v) is 6.60. The average molecular weight is 298 g/mol. The van der Waals surface area contributed by atoms with Crippen LogP contribution in [0, 0.1) is 0 Å². The van der Waals surface area contributed by atoms with Crippen LogP contribution in [-0.4, -0.2) is 45.1 Å². The summed E-state index contributed by atoms with van der Waals surface area (Å²) in [5.41, 5.74) is 0.949. The number of benzene rings is 1. The first-order valence-corrected chi connectivity index (χ1v) is 8.55. The maximum atomic E-state index is 11.8. The molecule has 1 aromatic carbocycles. The number of nitrogens with zero attached hydrogens (tertiary/aromatic N) is 1. The van der Waals surface area contributed by atoms with Gasteiger partial charge in [-0.2, -0.15) is 0 Å². The molecule has 1 N–H and O–H groups in total. The lowest BCUT2D eigenvalue weighted by Gasteiger charge is -2.18. The van der Waals surface area contributed by atoms with E-state index in [-0.39, 0.29) is 12.5 Å². The van der Waals surface area contributed by atoms with Gasteiger partial charge in [-0.05, 0) is 31.5 Å². The van der Waals surface area contributed by atoms with Gasteiger partial charge in [-0.1, -0.05) is 12.1 Å². The van der Waals surface area contributed by atoms with E-state index in [1.165, 1.54) is 6.26 Å². The molecule has 0 aliphatic rings. The van der Waals surface area contributed by atoms with Crippen LogP contribution < -0.4 is 5.32 Å². The van der Waals surface area contributed by atoms with E-state index >= 15 is 0 Å². The van der Waals surface area contributed by atoms with Gasteiger partial charge in [0.15, 0.2) is 9.84 Å². The van der Waals surface area contributed by atoms with Crippen molar-refractivity contribution in [1.29, 1.82) is 0 Å². The van der Waals surface area contributed by atoms with Crippen LogP contribution in [0.1, 0.15) is 19.4 Å². The Morgan fingerprint density at radius 1 is 1.15 bits per heavy atom. The van der Waals surface area contributed by atoms with Crippen LogP contribution in [0.25, 0.3) is 0 Å². The molecule has 1 amide bonds. The van der Waals surface area contributed by atoms with Crippen molar-refractivity contribution >= 4 is 15.7 Å². The molecule has 0 aromatic heterocycles. The highest BCUT2D eigenvalue weighted by atomic mass is 32.2. The van der Waals surface area contributed by atoms with Gasteiger partial charge in [-0.15, -0.1) is 0 Å². The monoisotopic (exact) mass is 298 g/mol. The second-order valence-electron chi connectivity index (χ2n) is 4.59. The Kier molecular flexibility index (Phi) is 6.16. The largest absolute Gasteiger partial charge is 0.342 e. The normalized spacial score (nSPS) is 11.3. The fourth-order valence-corrected chi connectivity index (χ4v) is 2.49. The first-order valence-electron chi connectivity index (χ1n) is 6.66. The van der Waals surface area contributed by atoms with Crippen LogP contribution in [-0.2, 0) is 21.2 Å². The predicted molar refractivity (Wildman–Crippen MR) is 79.2 cm³/mol. The molecule has 6 heteroatoms. The number of carbonyl (C=O) groups excluding carboxylic acids is 1. The molecule has 112 valence electrons. The summed E-state index contributed by atoms with van der Waals surface area (Å²) in [5.74, 6) is 0.0720. The molecule has 0 aliphatic carbocycles. The zero-order valence-electron chi connectivity index (χ0n) is 12.2. The van der Waals surface area contributed by atoms with Crippen molar-refractivity contribution in [3.05, 3.63) is 29.8 Å². The highest BCUT2D eigenvalue weighted by Gasteiger charge is 2.09. The zero-order chi connectivity index (χ0) is 15.2. The van der Waals surface area contributed by atoms with Gasteiger partial charge in [0.1, 0.15) is 0 Å². The topological polar surface area (TPSA) is 66.5 Å². The van der Waals surface area contributed by atoms with Crippen LogP contribution >= 0.6 is 0 Å². The Hall–Kier alpha value is -1.40. The smallest absolute Gasteiger partial charge is 0.236 e. The summed E-state index contributed by atoms with van der Waals surface area (Å²) in [4.78, 5) is 13.8. The summed E-state index contributed by atoms with van der Waals surface area (Å²) in [6.45, 7) is 6.14. The van der Waals surface area contributed by atoms with E-state index in [1.807, 2.05) is 13.8 Å². The molecule has 1 rings (SSSR count). The lowest BCUT2D eigenvalue weighted by atomic mass is 10.2. The number of rotatable bonds is 7. The van der Waals surface area contributed by atoms with Crippen molar-refractivity contribution < 1.29 is 13.2 Å². The molecular weight excluding hydrogens is 276 g/mol. The molecule has 0 atom stereocenters. The van der Waals surface area contributed by atoms with E-state index in [9.17, 15) is 13.2 Å². The standard InChI is InChI=1S/C14H22N2O3S/c1-4-16(5-2)14(17)11-15-10-12-6-8-13(9-7-12)20(3,18)19/h6-9,15H,4-5,10-11H2,1-3H3. The van der Waals surface area contributed by atoms with Gasteiger partial charge in [-0.3, -0.25) is 4.79 Å². The third kappa shape index (κ3) is 4.94. The Morgan fingerprint density at radius 2 is 1.70 bits per heavy atom. The third-order valence-electron chi connectivity index (χ3n) is 3.07.